The predicted molar refractivity (Wildman–Crippen MR) is 105 cm³/mol. The number of fused-ring (bicyclic) bond motifs is 1. The van der Waals surface area contributed by atoms with Gasteiger partial charge in [-0.3, -0.25) is 4.90 Å². The van der Waals surface area contributed by atoms with Crippen molar-refractivity contribution in [3.05, 3.63) is 35.4 Å². The number of benzene rings is 2. The predicted octanol–water partition coefficient (Wildman–Crippen LogP) is 2.57. The van der Waals surface area contributed by atoms with Crippen molar-refractivity contribution >= 4 is 0 Å². The van der Waals surface area contributed by atoms with Gasteiger partial charge in [-0.2, -0.15) is 0 Å². The zero-order chi connectivity index (χ0) is 20.4. The normalized spacial score (nSPS) is 17.1. The Balaban J connectivity index is 1.91. The number of hydrogen-bond donors (Lipinski definition) is 1. The molecule has 8 heteroatoms. The number of nitrogens with zero attached hydrogens (tertiary/aromatic N) is 1. The summed E-state index contributed by atoms with van der Waals surface area (Å²) in [6.07, 6.45) is 0. The monoisotopic (exact) mass is 403 g/mol. The molecule has 0 saturated carbocycles. The summed E-state index contributed by atoms with van der Waals surface area (Å²) in [5.74, 6) is 3.08. The first-order valence-corrected chi connectivity index (χ1v) is 9.40. The minimum absolute atomic E-state index is 0.116. The van der Waals surface area contributed by atoms with Gasteiger partial charge >= 0.3 is 0 Å². The maximum Gasteiger partial charge on any atom is 0.231 e. The minimum atomic E-state index is -0.343. The van der Waals surface area contributed by atoms with E-state index in [0.717, 1.165) is 5.56 Å². The van der Waals surface area contributed by atoms with Gasteiger partial charge in [0.25, 0.3) is 0 Å². The van der Waals surface area contributed by atoms with Crippen LogP contribution < -0.4 is 23.7 Å². The van der Waals surface area contributed by atoms with Gasteiger partial charge in [0.15, 0.2) is 11.5 Å². The molecule has 0 amide bonds. The molecule has 0 aromatic heterocycles. The summed E-state index contributed by atoms with van der Waals surface area (Å²) < 4.78 is 33.3. The Morgan fingerprint density at radius 3 is 2.10 bits per heavy atom. The fourth-order valence-electron chi connectivity index (χ4n) is 3.84. The van der Waals surface area contributed by atoms with Crippen LogP contribution in [0.3, 0.4) is 0 Å². The molecule has 0 spiro atoms. The fraction of sp³-hybridized carbons (Fsp3) is 0.429. The van der Waals surface area contributed by atoms with E-state index in [4.69, 9.17) is 28.4 Å². The highest BCUT2D eigenvalue weighted by Crippen LogP contribution is 2.48. The van der Waals surface area contributed by atoms with Crippen LogP contribution in [-0.4, -0.2) is 64.4 Å². The van der Waals surface area contributed by atoms with E-state index < -0.39 is 0 Å². The van der Waals surface area contributed by atoms with Crippen LogP contribution in [0.1, 0.15) is 17.2 Å². The molecule has 29 heavy (non-hydrogen) atoms. The maximum absolute atomic E-state index is 10.9. The molecule has 1 N–H and O–H groups in total. The third-order valence-corrected chi connectivity index (χ3v) is 5.25. The average molecular weight is 403 g/mol. The maximum atomic E-state index is 10.9. The van der Waals surface area contributed by atoms with Gasteiger partial charge in [-0.1, -0.05) is 0 Å². The second-order valence-electron chi connectivity index (χ2n) is 6.76. The third-order valence-electron chi connectivity index (χ3n) is 5.25. The lowest BCUT2D eigenvalue weighted by Gasteiger charge is -2.36. The summed E-state index contributed by atoms with van der Waals surface area (Å²) in [6.45, 7) is 2.72. The van der Waals surface area contributed by atoms with Crippen molar-refractivity contribution in [2.24, 2.45) is 0 Å². The zero-order valence-corrected chi connectivity index (χ0v) is 16.8. The summed E-state index contributed by atoms with van der Waals surface area (Å²) >= 11 is 0. The summed E-state index contributed by atoms with van der Waals surface area (Å²) in [5.41, 5.74) is 1.48. The standard InChI is InChI=1S/C21H25NO7/c1-24-13-8-18(25-2)20(19(9-13)26-3)21(22-4-6-27-7-5-22)14-10-16-17(11-15(14)23)29-12-28-16/h8-11,21,23H,4-7,12H2,1-3H3/t21-/m1/s1. The van der Waals surface area contributed by atoms with Crippen LogP contribution in [0, 0.1) is 0 Å². The first-order valence-electron chi connectivity index (χ1n) is 9.40. The summed E-state index contributed by atoms with van der Waals surface area (Å²) in [7, 11) is 4.80. The molecular weight excluding hydrogens is 378 g/mol. The van der Waals surface area contributed by atoms with Crippen LogP contribution in [0.15, 0.2) is 24.3 Å². The van der Waals surface area contributed by atoms with E-state index in [2.05, 4.69) is 4.90 Å². The van der Waals surface area contributed by atoms with Crippen molar-refractivity contribution in [2.75, 3.05) is 54.4 Å². The number of morpholine rings is 1. The minimum Gasteiger partial charge on any atom is -0.507 e. The molecule has 8 nitrogen and oxygen atoms in total. The first kappa shape index (κ1) is 19.5. The molecule has 2 heterocycles. The molecule has 2 aliphatic heterocycles. The molecular formula is C21H25NO7. The van der Waals surface area contributed by atoms with Gasteiger partial charge in [-0.05, 0) is 6.07 Å². The second-order valence-corrected chi connectivity index (χ2v) is 6.76. The van der Waals surface area contributed by atoms with E-state index >= 15 is 0 Å². The van der Waals surface area contributed by atoms with E-state index in [1.54, 1.807) is 27.4 Å². The Morgan fingerprint density at radius 1 is 0.897 bits per heavy atom. The van der Waals surface area contributed by atoms with Crippen LogP contribution in [0.5, 0.6) is 34.5 Å². The van der Waals surface area contributed by atoms with Crippen molar-refractivity contribution in [3.8, 4) is 34.5 Å². The molecule has 2 aromatic carbocycles. The van der Waals surface area contributed by atoms with Gasteiger partial charge in [0.2, 0.25) is 6.79 Å². The highest BCUT2D eigenvalue weighted by molar-refractivity contribution is 5.59. The lowest BCUT2D eigenvalue weighted by atomic mass is 9.93. The molecule has 1 fully saturated rings. The van der Waals surface area contributed by atoms with Gasteiger partial charge in [0.05, 0.1) is 46.1 Å². The Kier molecular flexibility index (Phi) is 5.55. The number of hydrogen-bond acceptors (Lipinski definition) is 8. The number of aromatic hydroxyl groups is 1. The van der Waals surface area contributed by atoms with Crippen molar-refractivity contribution in [2.45, 2.75) is 6.04 Å². The summed E-state index contributed by atoms with van der Waals surface area (Å²) in [4.78, 5) is 2.23. The number of phenolic OH excluding ortho intramolecular Hbond substituents is 1. The Labute approximate surface area is 169 Å². The Morgan fingerprint density at radius 2 is 1.52 bits per heavy atom. The van der Waals surface area contributed by atoms with E-state index in [1.807, 2.05) is 18.2 Å². The molecule has 2 aromatic rings. The largest absolute Gasteiger partial charge is 0.507 e. The summed E-state index contributed by atoms with van der Waals surface area (Å²) in [5, 5.41) is 10.9. The lowest BCUT2D eigenvalue weighted by Crippen LogP contribution is -2.39. The molecule has 156 valence electrons. The van der Waals surface area contributed by atoms with Crippen LogP contribution in [0.2, 0.25) is 0 Å². The highest BCUT2D eigenvalue weighted by atomic mass is 16.7. The quantitative estimate of drug-likeness (QED) is 0.789. The van der Waals surface area contributed by atoms with Gasteiger partial charge in [0.1, 0.15) is 23.0 Å². The molecule has 1 saturated heterocycles. The fourth-order valence-corrected chi connectivity index (χ4v) is 3.84. The number of ether oxygens (including phenoxy) is 6. The van der Waals surface area contributed by atoms with Gasteiger partial charge in [-0.25, -0.2) is 0 Å². The van der Waals surface area contributed by atoms with Crippen molar-refractivity contribution in [1.82, 2.24) is 4.90 Å². The van der Waals surface area contributed by atoms with Gasteiger partial charge < -0.3 is 33.5 Å². The molecule has 0 aliphatic carbocycles. The number of phenols is 1. The number of rotatable bonds is 6. The SMILES string of the molecule is COc1cc(OC)c([C@@H](c2cc3c(cc2O)OCO3)N2CCOCC2)c(OC)c1. The Bertz CT molecular complexity index is 855. The van der Waals surface area contributed by atoms with Crippen LogP contribution in [0.4, 0.5) is 0 Å². The molecule has 0 bridgehead atoms. The molecule has 0 unspecified atom stereocenters. The zero-order valence-electron chi connectivity index (χ0n) is 16.8. The van der Waals surface area contributed by atoms with Gasteiger partial charge in [-0.15, -0.1) is 0 Å². The van der Waals surface area contributed by atoms with E-state index in [-0.39, 0.29) is 18.6 Å². The topological polar surface area (TPSA) is 78.9 Å². The lowest BCUT2D eigenvalue weighted by molar-refractivity contribution is 0.0227. The molecule has 2 aliphatic rings. The number of methoxy groups -OCH3 is 3. The third kappa shape index (κ3) is 3.61. The van der Waals surface area contributed by atoms with Crippen molar-refractivity contribution < 1.29 is 33.5 Å². The van der Waals surface area contributed by atoms with Crippen molar-refractivity contribution in [3.63, 3.8) is 0 Å². The Hall–Kier alpha value is -2.84. The molecule has 1 atom stereocenters. The van der Waals surface area contributed by atoms with E-state index in [1.165, 1.54) is 0 Å². The smallest absolute Gasteiger partial charge is 0.231 e. The van der Waals surface area contributed by atoms with Crippen LogP contribution >= 0.6 is 0 Å². The highest BCUT2D eigenvalue weighted by Gasteiger charge is 2.33. The van der Waals surface area contributed by atoms with Crippen LogP contribution in [-0.2, 0) is 4.74 Å². The second kappa shape index (κ2) is 8.26. The summed E-state index contributed by atoms with van der Waals surface area (Å²) in [6, 6.07) is 6.70. The van der Waals surface area contributed by atoms with Gasteiger partial charge in [0, 0.05) is 36.9 Å². The van der Waals surface area contributed by atoms with Crippen LogP contribution in [0.25, 0.3) is 0 Å². The van der Waals surface area contributed by atoms with Crippen molar-refractivity contribution in [1.29, 1.82) is 0 Å². The molecule has 4 rings (SSSR count). The van der Waals surface area contributed by atoms with E-state index in [0.29, 0.717) is 60.6 Å². The molecule has 0 radical (unpaired) electrons. The van der Waals surface area contributed by atoms with E-state index in [9.17, 15) is 5.11 Å². The first-order chi connectivity index (χ1) is 14.2. The average Bonchev–Trinajstić information content (AvgIpc) is 3.21.